The molecule has 3 atom stereocenters. The Kier molecular flexibility index (Phi) is 8.12. The Hall–Kier alpha value is -2.42. The van der Waals surface area contributed by atoms with Crippen molar-refractivity contribution in [1.29, 1.82) is 0 Å². The molecule has 4 aliphatic rings. The first kappa shape index (κ1) is 27.2. The molecule has 0 spiro atoms. The SMILES string of the molecule is CC(=O)Nc1cccc([C@]23CCC(N(CCCN4CCN(C)CC4)C(=O)NC4=CC(Cl)=C(F)CC4)[C@H]2C3)c1. The lowest BCUT2D eigenvalue weighted by atomic mass is 9.93. The highest BCUT2D eigenvalue weighted by Crippen LogP contribution is 2.65. The summed E-state index contributed by atoms with van der Waals surface area (Å²) >= 11 is 6.02. The van der Waals surface area contributed by atoms with Gasteiger partial charge in [-0.1, -0.05) is 23.7 Å². The van der Waals surface area contributed by atoms with Gasteiger partial charge in [0, 0.05) is 68.9 Å². The van der Waals surface area contributed by atoms with Crippen LogP contribution in [0.2, 0.25) is 0 Å². The molecule has 1 aliphatic heterocycles. The number of hydrogen-bond acceptors (Lipinski definition) is 4. The summed E-state index contributed by atoms with van der Waals surface area (Å²) in [6.07, 6.45) is 6.14. The number of allylic oxidation sites excluding steroid dienone is 4. The first-order valence-corrected chi connectivity index (χ1v) is 14.2. The normalized spacial score (nSPS) is 27.5. The summed E-state index contributed by atoms with van der Waals surface area (Å²) in [5.74, 6) is -0.00850. The third kappa shape index (κ3) is 5.92. The number of piperazine rings is 1. The smallest absolute Gasteiger partial charge is 0.321 e. The van der Waals surface area contributed by atoms with Crippen LogP contribution in [-0.2, 0) is 10.2 Å². The number of rotatable bonds is 8. The Morgan fingerprint density at radius 2 is 1.97 bits per heavy atom. The highest BCUT2D eigenvalue weighted by atomic mass is 35.5. The molecule has 3 amide bonds. The van der Waals surface area contributed by atoms with Gasteiger partial charge in [0.15, 0.2) is 0 Å². The van der Waals surface area contributed by atoms with Crippen molar-refractivity contribution in [1.82, 2.24) is 20.0 Å². The second-order valence-electron chi connectivity index (χ2n) is 11.4. The standard InChI is InChI=1S/C29H39ClFN5O2/c1-20(37)32-22-6-3-5-21(17-22)29-10-9-27(24(29)19-29)36(12-4-11-35-15-13-34(2)14-16-35)28(38)33-23-7-8-26(31)25(30)18-23/h3,5-6,17-18,24,27H,4,7-16,19H2,1-2H3,(H,32,37)(H,33,38)/t24-,27?,29-/m1/s1. The molecular weight excluding hydrogens is 505 g/mol. The number of carbonyl (C=O) groups is 2. The molecule has 1 aromatic carbocycles. The quantitative estimate of drug-likeness (QED) is 0.494. The Bertz CT molecular complexity index is 1130. The van der Waals surface area contributed by atoms with Crippen LogP contribution < -0.4 is 10.6 Å². The van der Waals surface area contributed by atoms with Gasteiger partial charge in [-0.3, -0.25) is 4.79 Å². The maximum atomic E-state index is 13.8. The lowest BCUT2D eigenvalue weighted by Crippen LogP contribution is -2.48. The number of fused-ring (bicyclic) bond motifs is 1. The van der Waals surface area contributed by atoms with Crippen LogP contribution >= 0.6 is 11.6 Å². The Morgan fingerprint density at radius 3 is 2.68 bits per heavy atom. The van der Waals surface area contributed by atoms with Gasteiger partial charge in [0.05, 0.1) is 5.03 Å². The molecule has 0 aromatic heterocycles. The maximum Gasteiger partial charge on any atom is 0.321 e. The summed E-state index contributed by atoms with van der Waals surface area (Å²) in [5.41, 5.74) is 2.81. The van der Waals surface area contributed by atoms with Crippen molar-refractivity contribution < 1.29 is 14.0 Å². The molecule has 5 rings (SSSR count). The second-order valence-corrected chi connectivity index (χ2v) is 11.8. The average Bonchev–Trinajstić information content (AvgIpc) is 3.51. The fraction of sp³-hybridized carbons (Fsp3) is 0.586. The lowest BCUT2D eigenvalue weighted by Gasteiger charge is -2.34. The number of likely N-dealkylation sites (N-methyl/N-ethyl adjacent to an activating group) is 1. The Morgan fingerprint density at radius 1 is 1.18 bits per heavy atom. The van der Waals surface area contributed by atoms with E-state index in [9.17, 15) is 14.0 Å². The number of benzene rings is 1. The zero-order valence-corrected chi connectivity index (χ0v) is 23.2. The molecular formula is C29H39ClFN5O2. The fourth-order valence-corrected chi connectivity index (χ4v) is 6.85. The third-order valence-corrected chi connectivity index (χ3v) is 9.13. The number of amides is 3. The van der Waals surface area contributed by atoms with Crippen LogP contribution in [0.3, 0.4) is 0 Å². The summed E-state index contributed by atoms with van der Waals surface area (Å²) in [5, 5.41) is 6.04. The molecule has 2 N–H and O–H groups in total. The van der Waals surface area contributed by atoms with Gasteiger partial charge in [0.25, 0.3) is 0 Å². The van der Waals surface area contributed by atoms with E-state index in [0.717, 1.165) is 64.1 Å². The summed E-state index contributed by atoms with van der Waals surface area (Å²) < 4.78 is 13.8. The molecule has 206 valence electrons. The van der Waals surface area contributed by atoms with Crippen LogP contribution in [0.5, 0.6) is 0 Å². The van der Waals surface area contributed by atoms with E-state index in [1.54, 1.807) is 6.08 Å². The van der Waals surface area contributed by atoms with Crippen LogP contribution in [0.4, 0.5) is 14.9 Å². The summed E-state index contributed by atoms with van der Waals surface area (Å²) in [6, 6.07) is 8.22. The van der Waals surface area contributed by atoms with Crippen molar-refractivity contribution in [2.24, 2.45) is 5.92 Å². The van der Waals surface area contributed by atoms with Crippen LogP contribution in [0.15, 0.2) is 46.9 Å². The summed E-state index contributed by atoms with van der Waals surface area (Å²) in [4.78, 5) is 32.1. The van der Waals surface area contributed by atoms with E-state index < -0.39 is 0 Å². The zero-order chi connectivity index (χ0) is 26.9. The van der Waals surface area contributed by atoms with E-state index in [1.165, 1.54) is 12.5 Å². The van der Waals surface area contributed by atoms with Crippen LogP contribution in [0.25, 0.3) is 0 Å². The van der Waals surface area contributed by atoms with E-state index in [1.807, 2.05) is 17.0 Å². The molecule has 1 aromatic rings. The van der Waals surface area contributed by atoms with E-state index in [4.69, 9.17) is 11.6 Å². The van der Waals surface area contributed by atoms with Crippen molar-refractivity contribution >= 4 is 29.2 Å². The second kappa shape index (κ2) is 11.4. The maximum absolute atomic E-state index is 13.8. The Labute approximate surface area is 230 Å². The van der Waals surface area contributed by atoms with E-state index in [-0.39, 0.29) is 40.7 Å². The number of anilines is 1. The van der Waals surface area contributed by atoms with Gasteiger partial charge in [0.2, 0.25) is 5.91 Å². The van der Waals surface area contributed by atoms with Crippen molar-refractivity contribution in [2.75, 3.05) is 51.6 Å². The molecule has 3 fully saturated rings. The fourth-order valence-electron chi connectivity index (χ4n) is 6.62. The van der Waals surface area contributed by atoms with E-state index in [2.05, 4.69) is 39.6 Å². The number of carbonyl (C=O) groups excluding carboxylic acids is 2. The highest BCUT2D eigenvalue weighted by Gasteiger charge is 2.64. The average molecular weight is 544 g/mol. The van der Waals surface area contributed by atoms with E-state index >= 15 is 0 Å². The van der Waals surface area contributed by atoms with Gasteiger partial charge in [-0.05, 0) is 75.4 Å². The minimum absolute atomic E-state index is 0.0639. The lowest BCUT2D eigenvalue weighted by molar-refractivity contribution is -0.114. The van der Waals surface area contributed by atoms with E-state index in [0.29, 0.717) is 24.6 Å². The van der Waals surface area contributed by atoms with Gasteiger partial charge in [0.1, 0.15) is 5.83 Å². The van der Waals surface area contributed by atoms with Crippen molar-refractivity contribution in [3.8, 4) is 0 Å². The minimum Gasteiger partial charge on any atom is -0.326 e. The predicted molar refractivity (Wildman–Crippen MR) is 149 cm³/mol. The molecule has 7 nitrogen and oxygen atoms in total. The number of urea groups is 1. The number of hydrogen-bond donors (Lipinski definition) is 2. The van der Waals surface area contributed by atoms with Crippen LogP contribution in [0.1, 0.15) is 51.0 Å². The first-order valence-electron chi connectivity index (χ1n) is 13.9. The van der Waals surface area contributed by atoms with Crippen molar-refractivity contribution in [3.63, 3.8) is 0 Å². The molecule has 0 radical (unpaired) electrons. The number of halogens is 2. The first-order chi connectivity index (χ1) is 18.2. The van der Waals surface area contributed by atoms with Crippen molar-refractivity contribution in [3.05, 3.63) is 52.5 Å². The molecule has 1 heterocycles. The highest BCUT2D eigenvalue weighted by molar-refractivity contribution is 6.31. The predicted octanol–water partition coefficient (Wildman–Crippen LogP) is 4.81. The summed E-state index contributed by atoms with van der Waals surface area (Å²) in [6.45, 7) is 7.46. The molecule has 1 saturated heterocycles. The molecule has 3 aliphatic carbocycles. The van der Waals surface area contributed by atoms with Gasteiger partial charge in [-0.15, -0.1) is 0 Å². The summed E-state index contributed by atoms with van der Waals surface area (Å²) in [7, 11) is 2.16. The topological polar surface area (TPSA) is 67.9 Å². The van der Waals surface area contributed by atoms with Gasteiger partial charge >= 0.3 is 6.03 Å². The monoisotopic (exact) mass is 543 g/mol. The molecule has 9 heteroatoms. The number of nitrogens with zero attached hydrogens (tertiary/aromatic N) is 3. The molecule has 1 unspecified atom stereocenters. The molecule has 0 bridgehead atoms. The molecule has 38 heavy (non-hydrogen) atoms. The van der Waals surface area contributed by atoms with Gasteiger partial charge < -0.3 is 25.3 Å². The van der Waals surface area contributed by atoms with Crippen LogP contribution in [0, 0.1) is 5.92 Å². The third-order valence-electron chi connectivity index (χ3n) is 8.81. The van der Waals surface area contributed by atoms with Gasteiger partial charge in [-0.2, -0.15) is 0 Å². The minimum atomic E-state index is -0.325. The van der Waals surface area contributed by atoms with Crippen molar-refractivity contribution in [2.45, 2.75) is 56.9 Å². The number of nitrogens with one attached hydrogen (secondary N) is 2. The molecule has 2 saturated carbocycles. The Balaban J connectivity index is 1.29. The largest absolute Gasteiger partial charge is 0.326 e. The van der Waals surface area contributed by atoms with Gasteiger partial charge in [-0.25, -0.2) is 9.18 Å². The van der Waals surface area contributed by atoms with Crippen LogP contribution in [-0.4, -0.2) is 79.0 Å². The zero-order valence-electron chi connectivity index (χ0n) is 22.4.